The lowest BCUT2D eigenvalue weighted by Gasteiger charge is -2.34. The van der Waals surface area contributed by atoms with Gasteiger partial charge in [-0.05, 0) is 48.7 Å². The van der Waals surface area contributed by atoms with E-state index in [1.807, 2.05) is 30.3 Å². The molecule has 1 amide bonds. The van der Waals surface area contributed by atoms with E-state index in [1.165, 1.54) is 12.1 Å². The molecule has 0 spiro atoms. The van der Waals surface area contributed by atoms with Crippen molar-refractivity contribution < 1.29 is 14.3 Å². The number of nitrogens with one attached hydrogen (secondary N) is 2. The summed E-state index contributed by atoms with van der Waals surface area (Å²) in [4.78, 5) is 20.4. The molecule has 1 aliphatic rings. The zero-order valence-corrected chi connectivity index (χ0v) is 15.4. The molecule has 1 unspecified atom stereocenters. The molecule has 4 rings (SSSR count). The van der Waals surface area contributed by atoms with Crippen molar-refractivity contribution in [3.63, 3.8) is 0 Å². The topological polar surface area (TPSA) is 72.1 Å². The van der Waals surface area contributed by atoms with Crippen molar-refractivity contribution in [2.24, 2.45) is 5.92 Å². The van der Waals surface area contributed by atoms with Crippen molar-refractivity contribution in [3.05, 3.63) is 64.2 Å². The average Bonchev–Trinajstić information content (AvgIpc) is 3.07. The second kappa shape index (κ2) is 7.25. The molecule has 1 fully saturated rings. The minimum atomic E-state index is -0.537. The molecule has 27 heavy (non-hydrogen) atoms. The number of halogens is 1. The first kappa shape index (κ1) is 17.9. The highest BCUT2D eigenvalue weighted by Gasteiger charge is 2.29. The number of aliphatic hydroxyl groups excluding tert-OH is 1. The van der Waals surface area contributed by atoms with Gasteiger partial charge in [-0.3, -0.25) is 4.79 Å². The van der Waals surface area contributed by atoms with E-state index in [0.29, 0.717) is 41.7 Å². The molecule has 1 aliphatic heterocycles. The molecular weight excluding hydrogens is 365 g/mol. The summed E-state index contributed by atoms with van der Waals surface area (Å²) in [6.45, 7) is 1.05. The van der Waals surface area contributed by atoms with E-state index < -0.39 is 11.9 Å². The Labute approximate surface area is 160 Å². The maximum Gasteiger partial charge on any atom is 0.256 e. The number of carbonyl (C=O) groups excluding carboxylic acids is 1. The fourth-order valence-corrected chi connectivity index (χ4v) is 4.00. The molecule has 3 aromatic rings. The molecule has 1 saturated heterocycles. The van der Waals surface area contributed by atoms with Crippen LogP contribution >= 0.6 is 12.2 Å². The smallest absolute Gasteiger partial charge is 0.256 e. The largest absolute Gasteiger partial charge is 0.388 e. The van der Waals surface area contributed by atoms with E-state index in [1.54, 1.807) is 4.90 Å². The van der Waals surface area contributed by atoms with Crippen LogP contribution in [0.3, 0.4) is 0 Å². The molecule has 0 bridgehead atoms. The van der Waals surface area contributed by atoms with Gasteiger partial charge in [-0.15, -0.1) is 0 Å². The van der Waals surface area contributed by atoms with Gasteiger partial charge in [0.1, 0.15) is 5.82 Å². The second-order valence-corrected chi connectivity index (χ2v) is 7.35. The van der Waals surface area contributed by atoms with Gasteiger partial charge in [0.25, 0.3) is 5.91 Å². The maximum absolute atomic E-state index is 13.9. The molecule has 2 aromatic carbocycles. The Morgan fingerprint density at radius 1 is 1.19 bits per heavy atom. The summed E-state index contributed by atoms with van der Waals surface area (Å²) in [6, 6.07) is 12.1. The standard InChI is InChI=1S/C20H20FN3O2S/c21-14-10-15(17-16(11-14)22-20(27)23-17)19(26)24-8-6-13(7-9-24)18(25)12-4-2-1-3-5-12/h1-5,10-11,13,18,25H,6-9H2,(H2,22,23,27). The SMILES string of the molecule is O=C(c1cc(F)cc2[nH]c(=S)[nH]c12)N1CCC(C(O)c2ccccc2)CC1. The number of fused-ring (bicyclic) bond motifs is 1. The number of hydrogen-bond donors (Lipinski definition) is 3. The van der Waals surface area contributed by atoms with Crippen LogP contribution in [0, 0.1) is 16.5 Å². The first-order valence-corrected chi connectivity index (χ1v) is 9.37. The van der Waals surface area contributed by atoms with Crippen molar-refractivity contribution in [3.8, 4) is 0 Å². The lowest BCUT2D eigenvalue weighted by molar-refractivity contribution is 0.0463. The van der Waals surface area contributed by atoms with E-state index in [0.717, 1.165) is 5.56 Å². The van der Waals surface area contributed by atoms with Crippen LogP contribution in [0.15, 0.2) is 42.5 Å². The van der Waals surface area contributed by atoms with Gasteiger partial charge in [0.05, 0.1) is 22.7 Å². The monoisotopic (exact) mass is 385 g/mol. The third-order valence-corrected chi connectivity index (χ3v) is 5.44. The summed E-state index contributed by atoms with van der Waals surface area (Å²) in [5, 5.41) is 10.6. The predicted molar refractivity (Wildman–Crippen MR) is 103 cm³/mol. The number of aliphatic hydroxyl groups is 1. The molecular formula is C20H20FN3O2S. The Morgan fingerprint density at radius 2 is 1.89 bits per heavy atom. The van der Waals surface area contributed by atoms with Gasteiger partial charge in [-0.1, -0.05) is 30.3 Å². The van der Waals surface area contributed by atoms with E-state index in [-0.39, 0.29) is 17.4 Å². The van der Waals surface area contributed by atoms with Gasteiger partial charge in [0.15, 0.2) is 4.77 Å². The maximum atomic E-state index is 13.9. The van der Waals surface area contributed by atoms with Crippen molar-refractivity contribution in [2.45, 2.75) is 18.9 Å². The molecule has 0 aliphatic carbocycles. The minimum absolute atomic E-state index is 0.0991. The van der Waals surface area contributed by atoms with Crippen LogP contribution in [0.5, 0.6) is 0 Å². The summed E-state index contributed by atoms with van der Waals surface area (Å²) in [6.07, 6.45) is 0.859. The second-order valence-electron chi connectivity index (χ2n) is 6.94. The van der Waals surface area contributed by atoms with Crippen LogP contribution in [-0.4, -0.2) is 39.0 Å². The van der Waals surface area contributed by atoms with Gasteiger partial charge in [0, 0.05) is 13.1 Å². The first-order valence-electron chi connectivity index (χ1n) is 8.97. The summed E-state index contributed by atoms with van der Waals surface area (Å²) in [7, 11) is 0. The summed E-state index contributed by atoms with van der Waals surface area (Å²) < 4.78 is 14.3. The first-order chi connectivity index (χ1) is 13.0. The molecule has 5 nitrogen and oxygen atoms in total. The number of hydrogen-bond acceptors (Lipinski definition) is 3. The number of likely N-dealkylation sites (tertiary alicyclic amines) is 1. The van der Waals surface area contributed by atoms with Gasteiger partial charge in [-0.25, -0.2) is 4.39 Å². The van der Waals surface area contributed by atoms with Gasteiger partial charge in [-0.2, -0.15) is 0 Å². The van der Waals surface area contributed by atoms with E-state index >= 15 is 0 Å². The highest BCUT2D eigenvalue weighted by molar-refractivity contribution is 7.71. The minimum Gasteiger partial charge on any atom is -0.388 e. The van der Waals surface area contributed by atoms with E-state index in [4.69, 9.17) is 12.2 Å². The van der Waals surface area contributed by atoms with Gasteiger partial charge < -0.3 is 20.0 Å². The van der Waals surface area contributed by atoms with Crippen molar-refractivity contribution in [2.75, 3.05) is 13.1 Å². The van der Waals surface area contributed by atoms with E-state index in [9.17, 15) is 14.3 Å². The summed E-state index contributed by atoms with van der Waals surface area (Å²) in [5.41, 5.74) is 2.18. The lowest BCUT2D eigenvalue weighted by atomic mass is 9.87. The molecule has 0 saturated carbocycles. The van der Waals surface area contributed by atoms with Gasteiger partial charge in [0.2, 0.25) is 0 Å². The quantitative estimate of drug-likeness (QED) is 0.598. The molecule has 7 heteroatoms. The van der Waals surface area contributed by atoms with Crippen LogP contribution in [0.1, 0.15) is 34.9 Å². The van der Waals surface area contributed by atoms with Crippen molar-refractivity contribution in [1.29, 1.82) is 0 Å². The summed E-state index contributed by atoms with van der Waals surface area (Å²) in [5.74, 6) is -0.607. The average molecular weight is 385 g/mol. The number of aromatic nitrogens is 2. The molecule has 2 heterocycles. The Hall–Kier alpha value is -2.51. The molecule has 3 N–H and O–H groups in total. The molecule has 1 atom stereocenters. The van der Waals surface area contributed by atoms with Crippen molar-refractivity contribution >= 4 is 29.2 Å². The van der Waals surface area contributed by atoms with Gasteiger partial charge >= 0.3 is 0 Å². The number of rotatable bonds is 3. The normalized spacial score (nSPS) is 16.6. The number of imidazole rings is 1. The molecule has 0 radical (unpaired) electrons. The summed E-state index contributed by atoms with van der Waals surface area (Å²) >= 11 is 5.06. The Balaban J connectivity index is 1.50. The van der Waals surface area contributed by atoms with Crippen molar-refractivity contribution in [1.82, 2.24) is 14.9 Å². The van der Waals surface area contributed by atoms with Crippen LogP contribution in [0.25, 0.3) is 11.0 Å². The number of H-pyrrole nitrogens is 2. The number of aromatic amines is 2. The zero-order chi connectivity index (χ0) is 19.0. The third kappa shape index (κ3) is 3.52. The highest BCUT2D eigenvalue weighted by atomic mass is 32.1. The third-order valence-electron chi connectivity index (χ3n) is 5.23. The number of carbonyl (C=O) groups is 1. The predicted octanol–water partition coefficient (Wildman–Crippen LogP) is 3.95. The number of nitrogens with zero attached hydrogens (tertiary/aromatic N) is 1. The molecule has 140 valence electrons. The number of amides is 1. The van der Waals surface area contributed by atoms with Crippen LogP contribution in [0.4, 0.5) is 4.39 Å². The van der Waals surface area contributed by atoms with Crippen LogP contribution < -0.4 is 0 Å². The van der Waals surface area contributed by atoms with Crippen LogP contribution in [-0.2, 0) is 0 Å². The fourth-order valence-electron chi connectivity index (χ4n) is 3.79. The fraction of sp³-hybridized carbons (Fsp3) is 0.300. The van der Waals surface area contributed by atoms with Crippen LogP contribution in [0.2, 0.25) is 0 Å². The molecule has 1 aromatic heterocycles. The highest BCUT2D eigenvalue weighted by Crippen LogP contribution is 2.31. The Kier molecular flexibility index (Phi) is 4.80. The zero-order valence-electron chi connectivity index (χ0n) is 14.6. The van der Waals surface area contributed by atoms with E-state index in [2.05, 4.69) is 9.97 Å². The number of piperidine rings is 1. The number of benzene rings is 2. The Bertz CT molecular complexity index is 1020. The lowest BCUT2D eigenvalue weighted by Crippen LogP contribution is -2.40. The Morgan fingerprint density at radius 3 is 2.59 bits per heavy atom.